The lowest BCUT2D eigenvalue weighted by atomic mass is 10.2. The van der Waals surface area contributed by atoms with E-state index in [0.29, 0.717) is 32.7 Å². The van der Waals surface area contributed by atoms with Gasteiger partial charge in [0.15, 0.2) is 0 Å². The van der Waals surface area contributed by atoms with Crippen LogP contribution >= 0.6 is 23.2 Å². The van der Waals surface area contributed by atoms with Gasteiger partial charge in [0, 0.05) is 17.1 Å². The molecule has 4 N–H and O–H groups in total. The number of halogens is 2. The molecule has 0 bridgehead atoms. The molecule has 0 aliphatic rings. The Morgan fingerprint density at radius 3 is 2.52 bits per heavy atom. The second-order valence-corrected chi connectivity index (χ2v) is 6.04. The molecule has 8 heteroatoms. The standard InChI is InChI=1S/C17H16Cl2N4O2/c1-10(22-23-17(25)12-4-2-3-5-15(12)20)8-16(24)21-11-6-7-13(18)14(19)9-11/h2-7,9H,8,20H2,1H3,(H,21,24)(H,23,25)/b22-10+. The Kier molecular flexibility index (Phi) is 6.38. The normalized spacial score (nSPS) is 11.1. The molecule has 0 fully saturated rings. The molecule has 2 rings (SSSR count). The number of hydrogen-bond acceptors (Lipinski definition) is 4. The lowest BCUT2D eigenvalue weighted by molar-refractivity contribution is -0.115. The van der Waals surface area contributed by atoms with Gasteiger partial charge in [-0.05, 0) is 37.3 Å². The maximum Gasteiger partial charge on any atom is 0.273 e. The summed E-state index contributed by atoms with van der Waals surface area (Å²) in [5, 5.41) is 7.33. The molecule has 0 aromatic heterocycles. The van der Waals surface area contributed by atoms with E-state index in [9.17, 15) is 9.59 Å². The molecular formula is C17H16Cl2N4O2. The van der Waals surface area contributed by atoms with Gasteiger partial charge in [0.25, 0.3) is 5.91 Å². The number of benzene rings is 2. The first-order chi connectivity index (χ1) is 11.9. The molecule has 2 amide bonds. The highest BCUT2D eigenvalue weighted by Crippen LogP contribution is 2.25. The van der Waals surface area contributed by atoms with Crippen molar-refractivity contribution in [3.63, 3.8) is 0 Å². The van der Waals surface area contributed by atoms with Gasteiger partial charge >= 0.3 is 0 Å². The third-order valence-electron chi connectivity index (χ3n) is 3.17. The molecule has 6 nitrogen and oxygen atoms in total. The van der Waals surface area contributed by atoms with Crippen LogP contribution in [-0.4, -0.2) is 17.5 Å². The molecule has 0 saturated carbocycles. The number of hydrogen-bond donors (Lipinski definition) is 3. The fourth-order valence-electron chi connectivity index (χ4n) is 1.96. The molecular weight excluding hydrogens is 363 g/mol. The van der Waals surface area contributed by atoms with Crippen molar-refractivity contribution in [3.05, 3.63) is 58.1 Å². The molecule has 0 unspecified atom stereocenters. The number of nitrogens with zero attached hydrogens (tertiary/aromatic N) is 1. The number of nitrogens with two attached hydrogens (primary N) is 1. The van der Waals surface area contributed by atoms with Crippen LogP contribution in [0, 0.1) is 0 Å². The fourth-order valence-corrected chi connectivity index (χ4v) is 2.26. The van der Waals surface area contributed by atoms with Gasteiger partial charge in [-0.25, -0.2) is 5.43 Å². The maximum absolute atomic E-state index is 12.0. The van der Waals surface area contributed by atoms with Crippen LogP contribution in [0.2, 0.25) is 10.0 Å². The maximum atomic E-state index is 12.0. The van der Waals surface area contributed by atoms with Crippen LogP contribution in [0.4, 0.5) is 11.4 Å². The van der Waals surface area contributed by atoms with Crippen LogP contribution in [0.1, 0.15) is 23.7 Å². The first kappa shape index (κ1) is 18.8. The van der Waals surface area contributed by atoms with Crippen molar-refractivity contribution in [1.82, 2.24) is 5.43 Å². The Morgan fingerprint density at radius 1 is 1.12 bits per heavy atom. The highest BCUT2D eigenvalue weighted by atomic mass is 35.5. The number of nitrogens with one attached hydrogen (secondary N) is 2. The van der Waals surface area contributed by atoms with E-state index < -0.39 is 5.91 Å². The zero-order valence-corrected chi connectivity index (χ0v) is 14.9. The number of anilines is 2. The molecule has 0 heterocycles. The summed E-state index contributed by atoms with van der Waals surface area (Å²) in [6.45, 7) is 1.63. The monoisotopic (exact) mass is 378 g/mol. The highest BCUT2D eigenvalue weighted by molar-refractivity contribution is 6.42. The van der Waals surface area contributed by atoms with E-state index in [2.05, 4.69) is 15.8 Å². The Labute approximate surface area is 155 Å². The molecule has 0 saturated heterocycles. The molecule has 2 aromatic rings. The summed E-state index contributed by atoms with van der Waals surface area (Å²) in [7, 11) is 0. The number of rotatable bonds is 5. The molecule has 0 atom stereocenters. The van der Waals surface area contributed by atoms with Gasteiger partial charge in [-0.2, -0.15) is 5.10 Å². The van der Waals surface area contributed by atoms with Crippen LogP contribution in [0.25, 0.3) is 0 Å². The van der Waals surface area contributed by atoms with Crippen molar-refractivity contribution in [2.24, 2.45) is 5.10 Å². The predicted molar refractivity (Wildman–Crippen MR) is 101 cm³/mol. The summed E-state index contributed by atoms with van der Waals surface area (Å²) in [5.41, 5.74) is 9.72. The van der Waals surface area contributed by atoms with Gasteiger partial charge in [-0.1, -0.05) is 35.3 Å². The SMILES string of the molecule is C/C(CC(=O)Nc1ccc(Cl)c(Cl)c1)=N\NC(=O)c1ccccc1N. The summed E-state index contributed by atoms with van der Waals surface area (Å²) < 4.78 is 0. The second-order valence-electron chi connectivity index (χ2n) is 5.23. The molecule has 0 aliphatic carbocycles. The Bertz CT molecular complexity index is 837. The first-order valence-electron chi connectivity index (χ1n) is 7.29. The minimum absolute atomic E-state index is 0.00476. The summed E-state index contributed by atoms with van der Waals surface area (Å²) in [6.07, 6.45) is 0.00476. The molecule has 0 aliphatic heterocycles. The number of hydrazone groups is 1. The van der Waals surface area contributed by atoms with Crippen molar-refractivity contribution in [3.8, 4) is 0 Å². The Morgan fingerprint density at radius 2 is 1.84 bits per heavy atom. The average molecular weight is 379 g/mol. The van der Waals surface area contributed by atoms with Crippen molar-refractivity contribution in [1.29, 1.82) is 0 Å². The molecule has 25 heavy (non-hydrogen) atoms. The van der Waals surface area contributed by atoms with Crippen LogP contribution in [0.5, 0.6) is 0 Å². The van der Waals surface area contributed by atoms with Gasteiger partial charge in [0.2, 0.25) is 5.91 Å². The van der Waals surface area contributed by atoms with Crippen molar-refractivity contribution >= 4 is 52.1 Å². The summed E-state index contributed by atoms with van der Waals surface area (Å²) in [5.74, 6) is -0.740. The number of amides is 2. The van der Waals surface area contributed by atoms with E-state index >= 15 is 0 Å². The zero-order valence-electron chi connectivity index (χ0n) is 13.3. The number of carbonyl (C=O) groups is 2. The molecule has 130 valence electrons. The minimum Gasteiger partial charge on any atom is -0.398 e. The van der Waals surface area contributed by atoms with Gasteiger partial charge < -0.3 is 11.1 Å². The third kappa shape index (κ3) is 5.48. The van der Waals surface area contributed by atoms with E-state index in [1.54, 1.807) is 49.4 Å². The zero-order chi connectivity index (χ0) is 18.4. The topological polar surface area (TPSA) is 96.6 Å². The lowest BCUT2D eigenvalue weighted by Gasteiger charge is -2.07. The number of para-hydroxylation sites is 1. The van der Waals surface area contributed by atoms with Crippen LogP contribution in [-0.2, 0) is 4.79 Å². The smallest absolute Gasteiger partial charge is 0.273 e. The highest BCUT2D eigenvalue weighted by Gasteiger charge is 2.09. The Hall–Kier alpha value is -2.57. The largest absolute Gasteiger partial charge is 0.398 e. The van der Waals surface area contributed by atoms with Gasteiger partial charge in [-0.3, -0.25) is 9.59 Å². The molecule has 0 spiro atoms. The Balaban J connectivity index is 1.92. The van der Waals surface area contributed by atoms with E-state index in [1.165, 1.54) is 0 Å². The van der Waals surface area contributed by atoms with E-state index in [1.807, 2.05) is 0 Å². The third-order valence-corrected chi connectivity index (χ3v) is 3.91. The quantitative estimate of drug-likeness (QED) is 0.420. The second kappa shape index (κ2) is 8.50. The fraction of sp³-hybridized carbons (Fsp3) is 0.118. The van der Waals surface area contributed by atoms with Gasteiger partial charge in [0.05, 0.1) is 22.0 Å². The van der Waals surface area contributed by atoms with Crippen LogP contribution in [0.3, 0.4) is 0 Å². The minimum atomic E-state index is -0.442. The van der Waals surface area contributed by atoms with E-state index in [0.717, 1.165) is 0 Å². The summed E-state index contributed by atoms with van der Waals surface area (Å²) in [4.78, 5) is 24.0. The van der Waals surface area contributed by atoms with Gasteiger partial charge in [0.1, 0.15) is 0 Å². The number of carbonyl (C=O) groups excluding carboxylic acids is 2. The van der Waals surface area contributed by atoms with Crippen molar-refractivity contribution < 1.29 is 9.59 Å². The summed E-state index contributed by atoms with van der Waals surface area (Å²) >= 11 is 11.7. The first-order valence-corrected chi connectivity index (χ1v) is 8.05. The van der Waals surface area contributed by atoms with Crippen molar-refractivity contribution in [2.45, 2.75) is 13.3 Å². The van der Waals surface area contributed by atoms with Crippen LogP contribution in [0.15, 0.2) is 47.6 Å². The summed E-state index contributed by atoms with van der Waals surface area (Å²) in [6, 6.07) is 11.4. The van der Waals surface area contributed by atoms with E-state index in [-0.39, 0.29) is 12.3 Å². The average Bonchev–Trinajstić information content (AvgIpc) is 2.56. The van der Waals surface area contributed by atoms with Gasteiger partial charge in [-0.15, -0.1) is 0 Å². The van der Waals surface area contributed by atoms with Crippen LogP contribution < -0.4 is 16.5 Å². The molecule has 0 radical (unpaired) electrons. The molecule has 2 aromatic carbocycles. The number of nitrogen functional groups attached to an aromatic ring is 1. The van der Waals surface area contributed by atoms with E-state index in [4.69, 9.17) is 28.9 Å². The lowest BCUT2D eigenvalue weighted by Crippen LogP contribution is -2.22. The van der Waals surface area contributed by atoms with Crippen molar-refractivity contribution in [2.75, 3.05) is 11.1 Å². The predicted octanol–water partition coefficient (Wildman–Crippen LogP) is 3.71.